The van der Waals surface area contributed by atoms with Crippen LogP contribution in [-0.4, -0.2) is 80.9 Å². The smallest absolute Gasteiger partial charge is 0.399 e. The molecule has 12 nitrogen and oxygen atoms in total. The van der Waals surface area contributed by atoms with Crippen molar-refractivity contribution in [3.05, 3.63) is 121 Å². The number of hydroxylamine groups is 4. The monoisotopic (exact) mass is 1060 g/mol. The van der Waals surface area contributed by atoms with E-state index < -0.39 is 29.8 Å². The molecule has 11 rings (SSSR count). The van der Waals surface area contributed by atoms with Crippen molar-refractivity contribution >= 4 is 63.6 Å². The molecule has 4 spiro atoms. The van der Waals surface area contributed by atoms with E-state index in [9.17, 15) is 8.78 Å². The summed E-state index contributed by atoms with van der Waals surface area (Å²) in [6.45, 7) is 7.81. The van der Waals surface area contributed by atoms with Crippen LogP contribution in [0.3, 0.4) is 0 Å². The Balaban J connectivity index is 0.000000136. The highest BCUT2D eigenvalue weighted by Crippen LogP contribution is 2.63. The molecule has 3 heterocycles. The molecule has 374 valence electrons. The maximum atomic E-state index is 14.0. The van der Waals surface area contributed by atoms with Crippen molar-refractivity contribution in [1.29, 1.82) is 0 Å². The molecule has 2 unspecified atom stereocenters. The summed E-state index contributed by atoms with van der Waals surface area (Å²) in [7, 11) is 6.62. The predicted octanol–water partition coefficient (Wildman–Crippen LogP) is 10.3. The first-order valence-corrected chi connectivity index (χ1v) is 25.4. The molecular weight excluding hydrogens is 1000 g/mol. The minimum Gasteiger partial charge on any atom is -0.399 e. The molecule has 2 saturated carbocycles. The number of ether oxygens (including phenoxy) is 2. The van der Waals surface area contributed by atoms with Crippen LogP contribution in [0.15, 0.2) is 87.3 Å². The van der Waals surface area contributed by atoms with Crippen molar-refractivity contribution in [2.45, 2.75) is 127 Å². The Morgan fingerprint density at radius 2 is 1.10 bits per heavy atom. The maximum Gasteiger partial charge on any atom is 0.494 e. The van der Waals surface area contributed by atoms with Gasteiger partial charge in [0.2, 0.25) is 23.4 Å². The van der Waals surface area contributed by atoms with Gasteiger partial charge in [-0.05, 0) is 174 Å². The molecule has 70 heavy (non-hydrogen) atoms. The zero-order valence-corrected chi connectivity index (χ0v) is 44.1. The van der Waals surface area contributed by atoms with Gasteiger partial charge in [-0.15, -0.1) is 0 Å². The van der Waals surface area contributed by atoms with Gasteiger partial charge in [-0.2, -0.15) is 0 Å². The summed E-state index contributed by atoms with van der Waals surface area (Å²) in [6.07, 6.45) is 10.4. The van der Waals surface area contributed by atoms with Crippen molar-refractivity contribution in [3.63, 3.8) is 0 Å². The van der Waals surface area contributed by atoms with Crippen molar-refractivity contribution in [1.82, 2.24) is 10.1 Å². The second kappa shape index (κ2) is 18.9. The lowest BCUT2D eigenvalue weighted by atomic mass is 9.66. The first-order valence-electron chi connectivity index (χ1n) is 23.9. The normalized spacial score (nSPS) is 30.0. The molecule has 0 amide bonds. The van der Waals surface area contributed by atoms with Gasteiger partial charge in [-0.1, -0.05) is 57.3 Å². The third-order valence-electron chi connectivity index (χ3n) is 16.2. The predicted molar refractivity (Wildman–Crippen MR) is 273 cm³/mol. The minimum atomic E-state index is -0.868. The van der Waals surface area contributed by atoms with Crippen LogP contribution in [0.5, 0.6) is 0 Å². The summed E-state index contributed by atoms with van der Waals surface area (Å²) in [5.41, 5.74) is 16.5. The van der Waals surface area contributed by atoms with Crippen LogP contribution in [0.1, 0.15) is 101 Å². The van der Waals surface area contributed by atoms with E-state index >= 15 is 0 Å². The molecular formula is C52H62BBrCl2F2N6O6. The first kappa shape index (κ1) is 51.1. The number of guanidine groups is 2. The van der Waals surface area contributed by atoms with Gasteiger partial charge in [0.15, 0.2) is 0 Å². The van der Waals surface area contributed by atoms with E-state index in [-0.39, 0.29) is 28.6 Å². The van der Waals surface area contributed by atoms with Crippen LogP contribution in [0, 0.1) is 22.5 Å². The number of halogens is 5. The number of aliphatic imine (C=N–C) groups is 2. The highest BCUT2D eigenvalue weighted by atomic mass is 79.9. The van der Waals surface area contributed by atoms with Crippen molar-refractivity contribution in [2.75, 3.05) is 28.3 Å². The Hall–Kier alpha value is -3.84. The number of hydrogen-bond donors (Lipinski definition) is 2. The van der Waals surface area contributed by atoms with Crippen LogP contribution >= 0.6 is 39.1 Å². The summed E-state index contributed by atoms with van der Waals surface area (Å²) in [5, 5.41) is 3.88. The molecule has 1 saturated heterocycles. The molecule has 4 aromatic carbocycles. The fraction of sp³-hybridized carbons (Fsp3) is 0.500. The topological polar surface area (TPSA) is 139 Å². The second-order valence-corrected chi connectivity index (χ2v) is 22.6. The third-order valence-corrected chi connectivity index (χ3v) is 17.1. The standard InChI is InChI=1S/C23H25ClFN3O2.C17H22BrN3O2.C12H15BClFO2/c1-28-21(26)27-23(30-28)20-11-14(16-9-17(24)12-18(25)10-16)3-4-15(20)13-22(23)7-5-19(29-2)6-8-22;1-21-15(19)20-17(23-21)14-9-12(18)4-3-11(14)10-16(17)7-5-13(22-2)6-8-16;1-11(2)12(3,4)17-13(16-11)8-5-9(14)7-10(15)6-8/h3-4,9-12,19H,5-8,13H2,1-2H3,(H2,26,27);3-4,9,13H,5-8,10H2,1-2H3,(H2,19,20);5-7H,1-4H3. The highest BCUT2D eigenvalue weighted by molar-refractivity contribution is 9.10. The number of fused-ring (bicyclic) bond motifs is 6. The fourth-order valence-electron chi connectivity index (χ4n) is 11.6. The van der Waals surface area contributed by atoms with Crippen LogP contribution in [0.25, 0.3) is 11.1 Å². The molecule has 3 fully saturated rings. The number of rotatable bonds is 4. The van der Waals surface area contributed by atoms with E-state index in [0.29, 0.717) is 33.5 Å². The lowest BCUT2D eigenvalue weighted by molar-refractivity contribution is -0.232. The molecule has 4 aliphatic carbocycles. The zero-order chi connectivity index (χ0) is 50.2. The SMILES string of the molecule is CC1(C)OB(c2cc(F)cc(Cl)c2)OC1(C)C.COC1CCC2(CC1)Cc1ccc(-c3cc(F)cc(Cl)c3)cc1C21N=C(N)N(C)O1.COC1CCC2(CC1)Cc1ccc(Br)cc1C21N=C(N)N(C)O1. The summed E-state index contributed by atoms with van der Waals surface area (Å²) in [5.74, 6) is 0.0738. The van der Waals surface area contributed by atoms with Crippen molar-refractivity contribution < 1.29 is 37.2 Å². The van der Waals surface area contributed by atoms with E-state index in [1.165, 1.54) is 35.4 Å². The van der Waals surface area contributed by atoms with Gasteiger partial charge in [0, 0.05) is 64.8 Å². The second-order valence-electron chi connectivity index (χ2n) is 20.8. The Morgan fingerprint density at radius 3 is 1.54 bits per heavy atom. The molecule has 18 heteroatoms. The molecule has 4 aromatic rings. The van der Waals surface area contributed by atoms with E-state index in [1.54, 1.807) is 43.5 Å². The number of benzene rings is 4. The fourth-order valence-corrected chi connectivity index (χ4v) is 12.4. The maximum absolute atomic E-state index is 14.0. The van der Waals surface area contributed by atoms with E-state index in [4.69, 9.17) is 73.1 Å². The average Bonchev–Trinajstić information content (AvgIpc) is 4.01. The van der Waals surface area contributed by atoms with Gasteiger partial charge >= 0.3 is 7.12 Å². The van der Waals surface area contributed by atoms with Crippen LogP contribution in [-0.2, 0) is 52.7 Å². The lowest BCUT2D eigenvalue weighted by Crippen LogP contribution is -2.46. The van der Waals surface area contributed by atoms with Crippen LogP contribution in [0.4, 0.5) is 8.78 Å². The molecule has 3 aliphatic heterocycles. The minimum absolute atomic E-state index is 0.0411. The summed E-state index contributed by atoms with van der Waals surface area (Å²) in [4.78, 5) is 22.5. The van der Waals surface area contributed by atoms with Crippen molar-refractivity contribution in [2.24, 2.45) is 32.3 Å². The summed E-state index contributed by atoms with van der Waals surface area (Å²) in [6, 6.07) is 21.5. The van der Waals surface area contributed by atoms with E-state index in [1.807, 2.05) is 40.8 Å². The number of hydrogen-bond acceptors (Lipinski definition) is 12. The average molecular weight is 1070 g/mol. The number of nitrogens with zero attached hydrogens (tertiary/aromatic N) is 4. The Morgan fingerprint density at radius 1 is 0.643 bits per heavy atom. The Kier molecular flexibility index (Phi) is 13.8. The van der Waals surface area contributed by atoms with Gasteiger partial charge in [0.25, 0.3) is 0 Å². The van der Waals surface area contributed by atoms with Gasteiger partial charge in [-0.3, -0.25) is 0 Å². The molecule has 0 bridgehead atoms. The lowest BCUT2D eigenvalue weighted by Gasteiger charge is -2.45. The van der Waals surface area contributed by atoms with Crippen molar-refractivity contribution in [3.8, 4) is 11.1 Å². The quantitative estimate of drug-likeness (QED) is 0.190. The molecule has 4 N–H and O–H groups in total. The van der Waals surface area contributed by atoms with Gasteiger partial charge in [-0.25, -0.2) is 38.6 Å². The number of methoxy groups -OCH3 is 2. The summed E-state index contributed by atoms with van der Waals surface area (Å²) >= 11 is 15.5. The number of nitrogens with two attached hydrogens (primary N) is 2. The van der Waals surface area contributed by atoms with E-state index in [0.717, 1.165) is 90.9 Å². The zero-order valence-electron chi connectivity index (χ0n) is 41.0. The Bertz CT molecular complexity index is 2660. The largest absolute Gasteiger partial charge is 0.494 e. The first-order chi connectivity index (χ1) is 33.1. The van der Waals surface area contributed by atoms with Gasteiger partial charge in [0.05, 0.1) is 23.4 Å². The highest BCUT2D eigenvalue weighted by Gasteiger charge is 2.65. The molecule has 0 radical (unpaired) electrons. The van der Waals surface area contributed by atoms with Crippen LogP contribution in [0.2, 0.25) is 10.0 Å². The third kappa shape index (κ3) is 8.95. The molecule has 2 atom stereocenters. The molecule has 0 aromatic heterocycles. The van der Waals surface area contributed by atoms with E-state index in [2.05, 4.69) is 46.3 Å². The summed E-state index contributed by atoms with van der Waals surface area (Å²) < 4.78 is 51.1. The molecule has 7 aliphatic rings. The van der Waals surface area contributed by atoms with Gasteiger partial charge < -0.3 is 30.2 Å². The van der Waals surface area contributed by atoms with Crippen LogP contribution < -0.4 is 16.9 Å². The van der Waals surface area contributed by atoms with Gasteiger partial charge in [0.1, 0.15) is 11.6 Å². The Labute approximate surface area is 428 Å².